The molecule has 0 spiro atoms. The molecule has 0 amide bonds. The first kappa shape index (κ1) is 31.9. The Bertz CT molecular complexity index is 318. The van der Waals surface area contributed by atoms with Crippen molar-refractivity contribution in [3.63, 3.8) is 0 Å². The number of aliphatic hydroxyl groups is 2. The molecule has 0 unspecified atom stereocenters. The third kappa shape index (κ3) is 28.0. The molecule has 0 aliphatic heterocycles. The van der Waals surface area contributed by atoms with Crippen LogP contribution in [-0.4, -0.2) is 22.9 Å². The smallest absolute Gasteiger partial charge is 0.0540 e. The highest BCUT2D eigenvalue weighted by Gasteiger charge is 2.03. The Morgan fingerprint density at radius 1 is 0.375 bits per heavy atom. The van der Waals surface area contributed by atoms with E-state index in [9.17, 15) is 5.11 Å². The molecule has 194 valence electrons. The largest absolute Gasteiger partial charge is 0.396 e. The van der Waals surface area contributed by atoms with Crippen molar-refractivity contribution in [2.45, 2.75) is 186 Å². The molecule has 2 heteroatoms. The van der Waals surface area contributed by atoms with E-state index in [1.54, 1.807) is 0 Å². The number of aliphatic hydroxyl groups excluding tert-OH is 2. The van der Waals surface area contributed by atoms with E-state index in [2.05, 4.69) is 6.92 Å². The van der Waals surface area contributed by atoms with Crippen molar-refractivity contribution >= 4 is 0 Å². The van der Waals surface area contributed by atoms with Gasteiger partial charge >= 0.3 is 0 Å². The topological polar surface area (TPSA) is 40.5 Å². The van der Waals surface area contributed by atoms with Crippen LogP contribution in [-0.2, 0) is 0 Å². The van der Waals surface area contributed by atoms with Gasteiger partial charge in [-0.1, -0.05) is 155 Å². The first-order valence-electron chi connectivity index (χ1n) is 15.1. The zero-order chi connectivity index (χ0) is 23.4. The second kappa shape index (κ2) is 29.0. The van der Waals surface area contributed by atoms with Gasteiger partial charge in [0.2, 0.25) is 0 Å². The Hall–Kier alpha value is -0.0800. The molecule has 0 saturated heterocycles. The van der Waals surface area contributed by atoms with Gasteiger partial charge in [-0.05, 0) is 25.7 Å². The van der Waals surface area contributed by atoms with E-state index < -0.39 is 0 Å². The lowest BCUT2D eigenvalue weighted by atomic mass is 10.0. The van der Waals surface area contributed by atoms with Gasteiger partial charge in [0.25, 0.3) is 0 Å². The Balaban J connectivity index is 3.05. The molecular weight excluding hydrogens is 392 g/mol. The Morgan fingerprint density at radius 2 is 0.625 bits per heavy atom. The summed E-state index contributed by atoms with van der Waals surface area (Å²) in [6, 6.07) is 0. The molecule has 0 saturated carbocycles. The van der Waals surface area contributed by atoms with E-state index in [1.807, 2.05) is 0 Å². The van der Waals surface area contributed by atoms with E-state index in [1.165, 1.54) is 148 Å². The summed E-state index contributed by atoms with van der Waals surface area (Å²) in [5.41, 5.74) is 0. The maximum Gasteiger partial charge on any atom is 0.0540 e. The summed E-state index contributed by atoms with van der Waals surface area (Å²) in [4.78, 5) is 0. The van der Waals surface area contributed by atoms with Gasteiger partial charge in [0.1, 0.15) is 0 Å². The van der Waals surface area contributed by atoms with Crippen LogP contribution in [0.15, 0.2) is 0 Å². The van der Waals surface area contributed by atoms with Crippen LogP contribution in [0.2, 0.25) is 0 Å². The molecule has 0 aliphatic carbocycles. The van der Waals surface area contributed by atoms with Crippen LogP contribution in [0.5, 0.6) is 0 Å². The highest BCUT2D eigenvalue weighted by atomic mass is 16.3. The lowest BCUT2D eigenvalue weighted by Gasteiger charge is -2.09. The van der Waals surface area contributed by atoms with Gasteiger partial charge in [-0.25, -0.2) is 0 Å². The molecule has 0 aromatic heterocycles. The van der Waals surface area contributed by atoms with Crippen LogP contribution in [0.3, 0.4) is 0 Å². The molecule has 2 N–H and O–H groups in total. The zero-order valence-electron chi connectivity index (χ0n) is 22.3. The summed E-state index contributed by atoms with van der Waals surface area (Å²) in [6.45, 7) is 2.55. The summed E-state index contributed by atoms with van der Waals surface area (Å²) in [5.74, 6) is 0. The van der Waals surface area contributed by atoms with Crippen LogP contribution in [0.25, 0.3) is 0 Å². The SMILES string of the molecule is CCCCCCCCCCCCCCCCCCCCCCCCC[C@H](O)CCCCO. The lowest BCUT2D eigenvalue weighted by Crippen LogP contribution is -2.06. The van der Waals surface area contributed by atoms with E-state index >= 15 is 0 Å². The van der Waals surface area contributed by atoms with Crippen LogP contribution in [0.4, 0.5) is 0 Å². The fourth-order valence-corrected chi connectivity index (χ4v) is 4.80. The van der Waals surface area contributed by atoms with Gasteiger partial charge in [0.05, 0.1) is 6.10 Å². The summed E-state index contributed by atoms with van der Waals surface area (Å²) in [6.07, 6.45) is 36.2. The van der Waals surface area contributed by atoms with Gasteiger partial charge in [-0.3, -0.25) is 0 Å². The highest BCUT2D eigenvalue weighted by Crippen LogP contribution is 2.16. The van der Waals surface area contributed by atoms with Crippen molar-refractivity contribution in [1.82, 2.24) is 0 Å². The fraction of sp³-hybridized carbons (Fsp3) is 1.00. The molecular formula is C30H62O2. The highest BCUT2D eigenvalue weighted by molar-refractivity contribution is 4.57. The standard InChI is InChI=1S/C30H62O2/c1-2-3-4-5-6-7-8-9-10-11-12-13-14-15-16-17-18-19-20-21-22-23-24-27-30(32)28-25-26-29-31/h30-32H,2-29H2,1H3/t30-/m0/s1. The van der Waals surface area contributed by atoms with Crippen molar-refractivity contribution in [3.8, 4) is 0 Å². The molecule has 0 heterocycles. The molecule has 0 aromatic rings. The van der Waals surface area contributed by atoms with Crippen molar-refractivity contribution in [2.24, 2.45) is 0 Å². The minimum atomic E-state index is -0.142. The normalized spacial score (nSPS) is 12.5. The average Bonchev–Trinajstić information content (AvgIpc) is 2.79. The predicted molar refractivity (Wildman–Crippen MR) is 143 cm³/mol. The lowest BCUT2D eigenvalue weighted by molar-refractivity contribution is 0.144. The molecule has 0 rings (SSSR count). The molecule has 2 nitrogen and oxygen atoms in total. The molecule has 1 atom stereocenters. The summed E-state index contributed by atoms with van der Waals surface area (Å²) >= 11 is 0. The van der Waals surface area contributed by atoms with Crippen molar-refractivity contribution in [1.29, 1.82) is 0 Å². The van der Waals surface area contributed by atoms with Crippen LogP contribution in [0, 0.1) is 0 Å². The van der Waals surface area contributed by atoms with E-state index in [4.69, 9.17) is 5.11 Å². The number of hydrogen-bond acceptors (Lipinski definition) is 2. The second-order valence-electron chi connectivity index (χ2n) is 10.4. The molecule has 0 bridgehead atoms. The molecule has 0 fully saturated rings. The molecule has 0 aromatic carbocycles. The third-order valence-corrected chi connectivity index (χ3v) is 7.09. The van der Waals surface area contributed by atoms with Crippen LogP contribution < -0.4 is 0 Å². The van der Waals surface area contributed by atoms with Crippen molar-refractivity contribution in [2.75, 3.05) is 6.61 Å². The van der Waals surface area contributed by atoms with Gasteiger partial charge < -0.3 is 10.2 Å². The van der Waals surface area contributed by atoms with Crippen molar-refractivity contribution < 1.29 is 10.2 Å². The summed E-state index contributed by atoms with van der Waals surface area (Å²) in [5, 5.41) is 18.6. The Morgan fingerprint density at radius 3 is 0.906 bits per heavy atom. The van der Waals surface area contributed by atoms with Gasteiger partial charge in [-0.2, -0.15) is 0 Å². The van der Waals surface area contributed by atoms with Crippen LogP contribution >= 0.6 is 0 Å². The van der Waals surface area contributed by atoms with Gasteiger partial charge in [-0.15, -0.1) is 0 Å². The minimum absolute atomic E-state index is 0.142. The van der Waals surface area contributed by atoms with Crippen LogP contribution in [0.1, 0.15) is 180 Å². The first-order valence-corrected chi connectivity index (χ1v) is 15.1. The first-order chi connectivity index (χ1) is 15.8. The predicted octanol–water partition coefficient (Wildman–Crippen LogP) is 9.89. The molecule has 32 heavy (non-hydrogen) atoms. The number of unbranched alkanes of at least 4 members (excludes halogenated alkanes) is 23. The third-order valence-electron chi connectivity index (χ3n) is 7.09. The quantitative estimate of drug-likeness (QED) is 0.115. The maximum atomic E-state index is 9.87. The fourth-order valence-electron chi connectivity index (χ4n) is 4.80. The number of rotatable bonds is 28. The van der Waals surface area contributed by atoms with Gasteiger partial charge in [0.15, 0.2) is 0 Å². The number of hydrogen-bond donors (Lipinski definition) is 2. The van der Waals surface area contributed by atoms with E-state index in [0.717, 1.165) is 25.7 Å². The average molecular weight is 455 g/mol. The van der Waals surface area contributed by atoms with E-state index in [0.29, 0.717) is 0 Å². The zero-order valence-corrected chi connectivity index (χ0v) is 22.3. The van der Waals surface area contributed by atoms with E-state index in [-0.39, 0.29) is 12.7 Å². The summed E-state index contributed by atoms with van der Waals surface area (Å²) < 4.78 is 0. The summed E-state index contributed by atoms with van der Waals surface area (Å²) in [7, 11) is 0. The molecule has 0 aliphatic rings. The Kier molecular flexibility index (Phi) is 28.9. The Labute approximate surface area is 203 Å². The maximum absolute atomic E-state index is 9.87. The molecule has 0 radical (unpaired) electrons. The minimum Gasteiger partial charge on any atom is -0.396 e. The van der Waals surface area contributed by atoms with Gasteiger partial charge in [0, 0.05) is 6.61 Å². The monoisotopic (exact) mass is 454 g/mol. The second-order valence-corrected chi connectivity index (χ2v) is 10.4. The van der Waals surface area contributed by atoms with Crippen molar-refractivity contribution in [3.05, 3.63) is 0 Å².